The molecular formula is C20H36IN5. The van der Waals surface area contributed by atoms with Crippen LogP contribution in [-0.4, -0.2) is 68.6 Å². The van der Waals surface area contributed by atoms with Crippen LogP contribution in [0.15, 0.2) is 29.3 Å². The molecule has 0 spiro atoms. The average molecular weight is 473 g/mol. The molecule has 26 heavy (non-hydrogen) atoms. The van der Waals surface area contributed by atoms with Gasteiger partial charge in [0.15, 0.2) is 5.96 Å². The summed E-state index contributed by atoms with van der Waals surface area (Å²) in [5.74, 6) is 1.48. The summed E-state index contributed by atoms with van der Waals surface area (Å²) in [6.07, 6.45) is 0. The number of aliphatic imine (C=N–C) groups is 1. The van der Waals surface area contributed by atoms with E-state index in [4.69, 9.17) is 0 Å². The molecule has 0 amide bonds. The van der Waals surface area contributed by atoms with Crippen LogP contribution in [0.1, 0.15) is 25.0 Å². The summed E-state index contributed by atoms with van der Waals surface area (Å²) >= 11 is 0. The molecule has 2 N–H and O–H groups in total. The first-order chi connectivity index (χ1) is 12.1. The number of guanidine groups is 1. The molecule has 1 unspecified atom stereocenters. The summed E-state index contributed by atoms with van der Waals surface area (Å²) in [6, 6.07) is 8.47. The van der Waals surface area contributed by atoms with E-state index >= 15 is 0 Å². The lowest BCUT2D eigenvalue weighted by Crippen LogP contribution is -2.48. The van der Waals surface area contributed by atoms with Crippen LogP contribution in [0.5, 0.6) is 0 Å². The molecule has 148 valence electrons. The Labute approximate surface area is 176 Å². The number of nitrogens with one attached hydrogen (secondary N) is 2. The molecule has 1 atom stereocenters. The van der Waals surface area contributed by atoms with Gasteiger partial charge in [-0.05, 0) is 30.5 Å². The first-order valence-electron chi connectivity index (χ1n) is 9.56. The summed E-state index contributed by atoms with van der Waals surface area (Å²) in [5.41, 5.74) is 2.62. The van der Waals surface area contributed by atoms with Crippen molar-refractivity contribution in [2.45, 2.75) is 27.3 Å². The van der Waals surface area contributed by atoms with Crippen molar-refractivity contribution in [3.8, 4) is 0 Å². The fourth-order valence-corrected chi connectivity index (χ4v) is 3.27. The van der Waals surface area contributed by atoms with E-state index in [0.717, 1.165) is 25.6 Å². The molecule has 1 aliphatic rings. The minimum Gasteiger partial charge on any atom is -0.356 e. The van der Waals surface area contributed by atoms with E-state index in [-0.39, 0.29) is 24.0 Å². The molecule has 1 aromatic rings. The fourth-order valence-electron chi connectivity index (χ4n) is 3.27. The third kappa shape index (κ3) is 7.80. The molecule has 2 rings (SSSR count). The predicted molar refractivity (Wildman–Crippen MR) is 123 cm³/mol. The van der Waals surface area contributed by atoms with Crippen molar-refractivity contribution in [3.63, 3.8) is 0 Å². The van der Waals surface area contributed by atoms with Crippen molar-refractivity contribution in [2.24, 2.45) is 10.9 Å². The van der Waals surface area contributed by atoms with Crippen LogP contribution >= 0.6 is 24.0 Å². The number of hydrogen-bond acceptors (Lipinski definition) is 3. The van der Waals surface area contributed by atoms with Crippen molar-refractivity contribution in [1.29, 1.82) is 0 Å². The quantitative estimate of drug-likeness (QED) is 0.363. The zero-order valence-corrected chi connectivity index (χ0v) is 19.1. The standard InChI is InChI=1S/C20H35N5.HI/c1-5-24-10-12-25(13-11-24)16-17(2)14-22-20(21-4)23-15-19-9-7-6-8-18(19)3;/h6-9,17H,5,10-16H2,1-4H3,(H2,21,22,23);1H. The van der Waals surface area contributed by atoms with Crippen molar-refractivity contribution in [1.82, 2.24) is 20.4 Å². The van der Waals surface area contributed by atoms with Gasteiger partial charge in [-0.1, -0.05) is 38.1 Å². The van der Waals surface area contributed by atoms with Crippen molar-refractivity contribution >= 4 is 29.9 Å². The van der Waals surface area contributed by atoms with Gasteiger partial charge in [0.1, 0.15) is 0 Å². The number of aryl methyl sites for hydroxylation is 1. The zero-order chi connectivity index (χ0) is 18.1. The number of hydrogen-bond donors (Lipinski definition) is 2. The Morgan fingerprint density at radius 2 is 1.77 bits per heavy atom. The maximum atomic E-state index is 4.35. The Hall–Kier alpha value is -0.860. The molecule has 1 heterocycles. The largest absolute Gasteiger partial charge is 0.356 e. The van der Waals surface area contributed by atoms with Crippen molar-refractivity contribution in [3.05, 3.63) is 35.4 Å². The van der Waals surface area contributed by atoms with E-state index in [2.05, 4.69) is 70.5 Å². The summed E-state index contributed by atoms with van der Waals surface area (Å²) in [6.45, 7) is 15.6. The molecule has 0 aliphatic carbocycles. The average Bonchev–Trinajstić information content (AvgIpc) is 2.64. The van der Waals surface area contributed by atoms with E-state index in [9.17, 15) is 0 Å². The Morgan fingerprint density at radius 1 is 1.12 bits per heavy atom. The van der Waals surface area contributed by atoms with Gasteiger partial charge in [0.25, 0.3) is 0 Å². The second-order valence-electron chi connectivity index (χ2n) is 7.07. The summed E-state index contributed by atoms with van der Waals surface area (Å²) in [4.78, 5) is 9.46. The van der Waals surface area contributed by atoms with E-state index in [1.54, 1.807) is 0 Å². The number of piperazine rings is 1. The molecule has 0 saturated carbocycles. The lowest BCUT2D eigenvalue weighted by Gasteiger charge is -2.35. The molecule has 0 radical (unpaired) electrons. The molecular weight excluding hydrogens is 437 g/mol. The first-order valence-corrected chi connectivity index (χ1v) is 9.56. The van der Waals surface area contributed by atoms with Crippen molar-refractivity contribution in [2.75, 3.05) is 52.9 Å². The third-order valence-corrected chi connectivity index (χ3v) is 5.03. The van der Waals surface area contributed by atoms with Gasteiger partial charge in [-0.15, -0.1) is 24.0 Å². The second kappa shape index (κ2) is 12.5. The minimum atomic E-state index is 0. The maximum absolute atomic E-state index is 4.35. The predicted octanol–water partition coefficient (Wildman–Crippen LogP) is 2.55. The van der Waals surface area contributed by atoms with E-state index in [1.807, 2.05) is 7.05 Å². The molecule has 1 aromatic carbocycles. The maximum Gasteiger partial charge on any atom is 0.191 e. The van der Waals surface area contributed by atoms with Crippen LogP contribution in [0.2, 0.25) is 0 Å². The van der Waals surface area contributed by atoms with Gasteiger partial charge in [0.2, 0.25) is 0 Å². The molecule has 1 aliphatic heterocycles. The van der Waals surface area contributed by atoms with Gasteiger partial charge in [-0.2, -0.15) is 0 Å². The van der Waals surface area contributed by atoms with Gasteiger partial charge in [-0.3, -0.25) is 4.99 Å². The zero-order valence-electron chi connectivity index (χ0n) is 16.8. The SMILES string of the molecule is CCN1CCN(CC(C)CNC(=NC)NCc2ccccc2C)CC1.I. The number of likely N-dealkylation sites (N-methyl/N-ethyl adjacent to an activating group) is 1. The van der Waals surface area contributed by atoms with Gasteiger partial charge in [-0.25, -0.2) is 0 Å². The first kappa shape index (κ1) is 23.2. The molecule has 5 nitrogen and oxygen atoms in total. The number of benzene rings is 1. The van der Waals surface area contributed by atoms with E-state index < -0.39 is 0 Å². The summed E-state index contributed by atoms with van der Waals surface area (Å²) < 4.78 is 0. The van der Waals surface area contributed by atoms with Crippen LogP contribution in [0.25, 0.3) is 0 Å². The highest BCUT2D eigenvalue weighted by atomic mass is 127. The third-order valence-electron chi connectivity index (χ3n) is 5.03. The van der Waals surface area contributed by atoms with Gasteiger partial charge < -0.3 is 20.4 Å². The fraction of sp³-hybridized carbons (Fsp3) is 0.650. The Morgan fingerprint density at radius 3 is 2.38 bits per heavy atom. The van der Waals surface area contributed by atoms with Crippen LogP contribution in [0.3, 0.4) is 0 Å². The highest BCUT2D eigenvalue weighted by molar-refractivity contribution is 14.0. The Bertz CT molecular complexity index is 541. The second-order valence-corrected chi connectivity index (χ2v) is 7.07. The van der Waals surface area contributed by atoms with Gasteiger partial charge >= 0.3 is 0 Å². The van der Waals surface area contributed by atoms with Crippen LogP contribution in [0, 0.1) is 12.8 Å². The minimum absolute atomic E-state index is 0. The smallest absolute Gasteiger partial charge is 0.191 e. The highest BCUT2D eigenvalue weighted by Crippen LogP contribution is 2.07. The summed E-state index contributed by atoms with van der Waals surface area (Å²) in [7, 11) is 1.84. The lowest BCUT2D eigenvalue weighted by atomic mass is 10.1. The van der Waals surface area contributed by atoms with Crippen LogP contribution in [0.4, 0.5) is 0 Å². The van der Waals surface area contributed by atoms with Crippen LogP contribution < -0.4 is 10.6 Å². The lowest BCUT2D eigenvalue weighted by molar-refractivity contribution is 0.124. The van der Waals surface area contributed by atoms with E-state index in [0.29, 0.717) is 5.92 Å². The molecule has 6 heteroatoms. The normalized spacial score (nSPS) is 17.5. The van der Waals surface area contributed by atoms with E-state index in [1.165, 1.54) is 43.9 Å². The van der Waals surface area contributed by atoms with Gasteiger partial charge in [0.05, 0.1) is 0 Å². The van der Waals surface area contributed by atoms with Crippen LogP contribution in [-0.2, 0) is 6.54 Å². The number of nitrogens with zero attached hydrogens (tertiary/aromatic N) is 3. The number of halogens is 1. The Kier molecular flexibility index (Phi) is 11.2. The van der Waals surface area contributed by atoms with Gasteiger partial charge in [0, 0.05) is 52.9 Å². The Balaban J connectivity index is 0.00000338. The van der Waals surface area contributed by atoms with Crippen molar-refractivity contribution < 1.29 is 0 Å². The molecule has 1 fully saturated rings. The highest BCUT2D eigenvalue weighted by Gasteiger charge is 2.17. The molecule has 0 aromatic heterocycles. The summed E-state index contributed by atoms with van der Waals surface area (Å²) in [5, 5.41) is 6.89. The molecule has 1 saturated heterocycles. The topological polar surface area (TPSA) is 42.9 Å². The molecule has 0 bridgehead atoms. The monoisotopic (exact) mass is 473 g/mol. The number of rotatable bonds is 7.